The predicted molar refractivity (Wildman–Crippen MR) is 46.7 cm³/mol. The fraction of sp³-hybridized carbons (Fsp3) is 0.125. The molecule has 1 aromatic rings. The van der Waals surface area contributed by atoms with Crippen LogP contribution >= 0.6 is 0 Å². The summed E-state index contributed by atoms with van der Waals surface area (Å²) >= 11 is 0. The van der Waals surface area contributed by atoms with Crippen molar-refractivity contribution < 1.29 is 0 Å². The highest BCUT2D eigenvalue weighted by Crippen LogP contribution is 2.07. The molecule has 0 aliphatic carbocycles. The summed E-state index contributed by atoms with van der Waals surface area (Å²) in [5, 5.41) is 0. The van der Waals surface area contributed by atoms with Crippen molar-refractivity contribution in [2.75, 3.05) is 12.3 Å². The van der Waals surface area contributed by atoms with Gasteiger partial charge in [0, 0.05) is 18.3 Å². The summed E-state index contributed by atoms with van der Waals surface area (Å²) in [6, 6.07) is 3.74. The summed E-state index contributed by atoms with van der Waals surface area (Å²) in [5.74, 6) is 0.539. The third-order valence-electron chi connectivity index (χ3n) is 1.30. The summed E-state index contributed by atoms with van der Waals surface area (Å²) in [5.41, 5.74) is 11.8. The highest BCUT2D eigenvalue weighted by molar-refractivity contribution is 5.60. The Morgan fingerprint density at radius 3 is 3.00 bits per heavy atom. The molecule has 58 valence electrons. The molecule has 1 aromatic heterocycles. The molecule has 1 heterocycles. The van der Waals surface area contributed by atoms with Gasteiger partial charge in [0.2, 0.25) is 0 Å². The van der Waals surface area contributed by atoms with Crippen LogP contribution in [0, 0.1) is 0 Å². The van der Waals surface area contributed by atoms with Crippen LogP contribution in [-0.2, 0) is 0 Å². The van der Waals surface area contributed by atoms with Gasteiger partial charge in [-0.1, -0.05) is 12.2 Å². The van der Waals surface area contributed by atoms with E-state index in [2.05, 4.69) is 4.98 Å². The van der Waals surface area contributed by atoms with Gasteiger partial charge in [0.15, 0.2) is 0 Å². The number of anilines is 1. The molecule has 3 heteroatoms. The molecule has 0 atom stereocenters. The lowest BCUT2D eigenvalue weighted by Crippen LogP contribution is -1.94. The molecule has 0 spiro atoms. The molecule has 0 saturated carbocycles. The normalized spacial score (nSPS) is 10.6. The average molecular weight is 149 g/mol. The van der Waals surface area contributed by atoms with Gasteiger partial charge in [-0.05, 0) is 12.1 Å². The number of nitrogens with zero attached hydrogens (tertiary/aromatic N) is 1. The standard InChI is InChI=1S/C8H11N3/c9-5-1-3-7-4-2-6-11-8(7)10/h1-4,6H,5,9H2,(H2,10,11). The first-order valence-corrected chi connectivity index (χ1v) is 3.41. The van der Waals surface area contributed by atoms with Crippen molar-refractivity contribution in [3.8, 4) is 0 Å². The van der Waals surface area contributed by atoms with Gasteiger partial charge in [-0.15, -0.1) is 0 Å². The van der Waals surface area contributed by atoms with Crippen LogP contribution in [0.25, 0.3) is 6.08 Å². The van der Waals surface area contributed by atoms with Crippen molar-refractivity contribution >= 4 is 11.9 Å². The summed E-state index contributed by atoms with van der Waals surface area (Å²) in [7, 11) is 0. The van der Waals surface area contributed by atoms with E-state index in [0.717, 1.165) is 5.56 Å². The van der Waals surface area contributed by atoms with E-state index in [1.807, 2.05) is 24.3 Å². The quantitative estimate of drug-likeness (QED) is 0.648. The Bertz CT molecular complexity index is 255. The summed E-state index contributed by atoms with van der Waals surface area (Å²) < 4.78 is 0. The molecule has 0 amide bonds. The van der Waals surface area contributed by atoms with Crippen LogP contribution in [0.1, 0.15) is 5.56 Å². The summed E-state index contributed by atoms with van der Waals surface area (Å²) in [4.78, 5) is 3.92. The zero-order chi connectivity index (χ0) is 8.10. The highest BCUT2D eigenvalue weighted by atomic mass is 14.8. The van der Waals surface area contributed by atoms with Crippen LogP contribution in [0.5, 0.6) is 0 Å². The fourth-order valence-electron chi connectivity index (χ4n) is 0.766. The molecule has 0 aliphatic rings. The van der Waals surface area contributed by atoms with Crippen molar-refractivity contribution in [3.63, 3.8) is 0 Å². The van der Waals surface area contributed by atoms with E-state index in [9.17, 15) is 0 Å². The zero-order valence-electron chi connectivity index (χ0n) is 6.20. The number of hydrogen-bond donors (Lipinski definition) is 2. The van der Waals surface area contributed by atoms with Gasteiger partial charge >= 0.3 is 0 Å². The number of nitrogens with two attached hydrogens (primary N) is 2. The first kappa shape index (κ1) is 7.75. The van der Waals surface area contributed by atoms with Gasteiger partial charge in [-0.2, -0.15) is 0 Å². The Kier molecular flexibility index (Phi) is 2.63. The topological polar surface area (TPSA) is 64.9 Å². The van der Waals surface area contributed by atoms with E-state index in [1.165, 1.54) is 0 Å². The second-order valence-corrected chi connectivity index (χ2v) is 2.12. The van der Waals surface area contributed by atoms with Gasteiger partial charge in [-0.3, -0.25) is 0 Å². The van der Waals surface area contributed by atoms with Gasteiger partial charge in [-0.25, -0.2) is 4.98 Å². The monoisotopic (exact) mass is 149 g/mol. The van der Waals surface area contributed by atoms with Crippen LogP contribution in [0.15, 0.2) is 24.4 Å². The van der Waals surface area contributed by atoms with Gasteiger partial charge in [0.05, 0.1) is 0 Å². The molecule has 1 rings (SSSR count). The minimum absolute atomic E-state index is 0.522. The maximum atomic E-state index is 5.56. The van der Waals surface area contributed by atoms with Crippen molar-refractivity contribution in [2.45, 2.75) is 0 Å². The molecule has 3 nitrogen and oxygen atoms in total. The first-order chi connectivity index (χ1) is 5.34. The lowest BCUT2D eigenvalue weighted by atomic mass is 10.2. The second-order valence-electron chi connectivity index (χ2n) is 2.12. The van der Waals surface area contributed by atoms with Crippen molar-refractivity contribution in [1.82, 2.24) is 4.98 Å². The number of hydrogen-bond acceptors (Lipinski definition) is 3. The molecule has 0 fully saturated rings. The average Bonchev–Trinajstić information content (AvgIpc) is 2.03. The highest BCUT2D eigenvalue weighted by Gasteiger charge is 1.90. The largest absolute Gasteiger partial charge is 0.383 e. The molecule has 0 saturated heterocycles. The molecule has 4 N–H and O–H groups in total. The minimum Gasteiger partial charge on any atom is -0.383 e. The molecular formula is C8H11N3. The van der Waals surface area contributed by atoms with Gasteiger partial charge in [0.25, 0.3) is 0 Å². The third kappa shape index (κ3) is 2.05. The molecule has 0 aromatic carbocycles. The Morgan fingerprint density at radius 2 is 2.36 bits per heavy atom. The van der Waals surface area contributed by atoms with E-state index in [4.69, 9.17) is 11.5 Å². The second kappa shape index (κ2) is 3.73. The molecule has 0 radical (unpaired) electrons. The maximum absolute atomic E-state index is 5.56. The lowest BCUT2D eigenvalue weighted by Gasteiger charge is -1.95. The summed E-state index contributed by atoms with van der Waals surface area (Å²) in [6.45, 7) is 0.522. The van der Waals surface area contributed by atoms with Crippen LogP contribution in [-0.4, -0.2) is 11.5 Å². The van der Waals surface area contributed by atoms with Crippen molar-refractivity contribution in [2.24, 2.45) is 5.73 Å². The molecular weight excluding hydrogens is 138 g/mol. The van der Waals surface area contributed by atoms with E-state index in [0.29, 0.717) is 12.4 Å². The smallest absolute Gasteiger partial charge is 0.130 e. The van der Waals surface area contributed by atoms with Crippen LogP contribution < -0.4 is 11.5 Å². The maximum Gasteiger partial charge on any atom is 0.130 e. The minimum atomic E-state index is 0.522. The van der Waals surface area contributed by atoms with Gasteiger partial charge in [0.1, 0.15) is 5.82 Å². The van der Waals surface area contributed by atoms with E-state index in [1.54, 1.807) is 6.20 Å². The Morgan fingerprint density at radius 1 is 1.55 bits per heavy atom. The molecule has 0 bridgehead atoms. The number of nitrogen functional groups attached to an aromatic ring is 1. The number of pyridine rings is 1. The van der Waals surface area contributed by atoms with E-state index in [-0.39, 0.29) is 0 Å². The van der Waals surface area contributed by atoms with Crippen molar-refractivity contribution in [1.29, 1.82) is 0 Å². The first-order valence-electron chi connectivity index (χ1n) is 3.41. The van der Waals surface area contributed by atoms with E-state index >= 15 is 0 Å². The SMILES string of the molecule is NCC=Cc1cccnc1N. The molecule has 0 unspecified atom stereocenters. The number of aromatic nitrogens is 1. The Balaban J connectivity index is 2.86. The van der Waals surface area contributed by atoms with Gasteiger partial charge < -0.3 is 11.5 Å². The third-order valence-corrected chi connectivity index (χ3v) is 1.30. The van der Waals surface area contributed by atoms with Crippen LogP contribution in [0.4, 0.5) is 5.82 Å². The zero-order valence-corrected chi connectivity index (χ0v) is 6.20. The Labute approximate surface area is 65.7 Å². The Hall–Kier alpha value is -1.35. The summed E-state index contributed by atoms with van der Waals surface area (Å²) in [6.07, 6.45) is 5.37. The fourth-order valence-corrected chi connectivity index (χ4v) is 0.766. The molecule has 11 heavy (non-hydrogen) atoms. The van der Waals surface area contributed by atoms with Crippen LogP contribution in [0.3, 0.4) is 0 Å². The van der Waals surface area contributed by atoms with Crippen LogP contribution in [0.2, 0.25) is 0 Å². The van der Waals surface area contributed by atoms with E-state index < -0.39 is 0 Å². The predicted octanol–water partition coefficient (Wildman–Crippen LogP) is 0.636. The lowest BCUT2D eigenvalue weighted by molar-refractivity contribution is 1.26. The molecule has 0 aliphatic heterocycles. The van der Waals surface area contributed by atoms with Crippen molar-refractivity contribution in [3.05, 3.63) is 30.0 Å². The number of rotatable bonds is 2.